The number of rotatable bonds is 4. The van der Waals surface area contributed by atoms with Crippen molar-refractivity contribution in [1.82, 2.24) is 19.4 Å². The van der Waals surface area contributed by atoms with Crippen LogP contribution in [0.15, 0.2) is 34.8 Å². The van der Waals surface area contributed by atoms with E-state index >= 15 is 0 Å². The van der Waals surface area contributed by atoms with Crippen LogP contribution in [0, 0.1) is 6.92 Å². The number of nitrogens with zero attached hydrogens (tertiary/aromatic N) is 4. The number of fused-ring (bicyclic) bond motifs is 3. The van der Waals surface area contributed by atoms with Crippen molar-refractivity contribution >= 4 is 33.0 Å². The number of carbonyl (C=O) groups excluding carboxylic acids is 1. The molecular weight excluding hydrogens is 428 g/mol. The molecule has 1 aromatic carbocycles. The molecule has 5 rings (SSSR count). The van der Waals surface area contributed by atoms with Crippen LogP contribution in [0.4, 0.5) is 0 Å². The maximum atomic E-state index is 13.7. The molecule has 0 atom stereocenters. The van der Waals surface area contributed by atoms with Crippen molar-refractivity contribution in [1.29, 1.82) is 0 Å². The van der Waals surface area contributed by atoms with Gasteiger partial charge in [-0.3, -0.25) is 4.79 Å². The van der Waals surface area contributed by atoms with Crippen LogP contribution in [-0.2, 0) is 19.5 Å². The van der Waals surface area contributed by atoms with Crippen molar-refractivity contribution in [2.24, 2.45) is 0 Å². The summed E-state index contributed by atoms with van der Waals surface area (Å²) < 4.78 is 3.28. The number of hydrogen-bond acceptors (Lipinski definition) is 3. The summed E-state index contributed by atoms with van der Waals surface area (Å²) in [5, 5.41) is 0. The predicted molar refractivity (Wildman–Crippen MR) is 117 cm³/mol. The Morgan fingerprint density at radius 2 is 2.07 bits per heavy atom. The first-order valence-electron chi connectivity index (χ1n) is 10.5. The fourth-order valence-corrected chi connectivity index (χ4v) is 4.77. The quantitative estimate of drug-likeness (QED) is 0.557. The maximum absolute atomic E-state index is 13.7. The van der Waals surface area contributed by atoms with Crippen molar-refractivity contribution in [2.75, 3.05) is 0 Å². The van der Waals surface area contributed by atoms with Gasteiger partial charge in [-0.15, -0.1) is 0 Å². The summed E-state index contributed by atoms with van der Waals surface area (Å²) in [7, 11) is 0. The summed E-state index contributed by atoms with van der Waals surface area (Å²) in [6.45, 7) is 3.54. The second kappa shape index (κ2) is 7.56. The molecular formula is C23H25BrN4O. The highest BCUT2D eigenvalue weighted by Gasteiger charge is 2.34. The highest BCUT2D eigenvalue weighted by atomic mass is 79.9. The molecule has 0 saturated heterocycles. The lowest BCUT2D eigenvalue weighted by molar-refractivity contribution is 0.0731. The third-order valence-corrected chi connectivity index (χ3v) is 6.41. The molecule has 29 heavy (non-hydrogen) atoms. The van der Waals surface area contributed by atoms with Crippen molar-refractivity contribution in [3.63, 3.8) is 0 Å². The molecule has 0 bridgehead atoms. The number of halogens is 1. The highest BCUT2D eigenvalue weighted by Crippen LogP contribution is 2.32. The summed E-state index contributed by atoms with van der Waals surface area (Å²) in [6.07, 6.45) is 6.65. The average Bonchev–Trinajstić information content (AvgIpc) is 3.51. The second-order valence-corrected chi connectivity index (χ2v) is 9.18. The topological polar surface area (TPSA) is 51.0 Å². The minimum Gasteiger partial charge on any atom is -0.331 e. The van der Waals surface area contributed by atoms with Gasteiger partial charge >= 0.3 is 0 Å². The molecule has 1 saturated carbocycles. The lowest BCUT2D eigenvalue weighted by Crippen LogP contribution is -2.33. The van der Waals surface area contributed by atoms with Gasteiger partial charge in [0, 0.05) is 35.7 Å². The molecule has 6 heteroatoms. The fourth-order valence-electron chi connectivity index (χ4n) is 4.32. The fraction of sp³-hybridized carbons (Fsp3) is 0.435. The van der Waals surface area contributed by atoms with Gasteiger partial charge in [0.1, 0.15) is 11.3 Å². The summed E-state index contributed by atoms with van der Waals surface area (Å²) in [5.41, 5.74) is 4.38. The standard InChI is InChI=1S/C23H25BrN4O/c1-15-12-19(21-22(25-15)27-11-4-2-3-8-20(27)26-21)23(29)28(18-9-10-18)14-16-6-5-7-17(24)13-16/h5-7,12-13,18H,2-4,8-11,14H2,1H3. The van der Waals surface area contributed by atoms with Gasteiger partial charge in [-0.1, -0.05) is 34.5 Å². The summed E-state index contributed by atoms with van der Waals surface area (Å²) in [5.74, 6) is 1.16. The zero-order valence-corrected chi connectivity index (χ0v) is 18.3. The molecule has 0 radical (unpaired) electrons. The molecule has 0 unspecified atom stereocenters. The maximum Gasteiger partial charge on any atom is 0.256 e. The summed E-state index contributed by atoms with van der Waals surface area (Å²) >= 11 is 3.54. The molecule has 0 spiro atoms. The van der Waals surface area contributed by atoms with Gasteiger partial charge in [0.25, 0.3) is 5.91 Å². The minimum atomic E-state index is 0.0798. The molecule has 5 nitrogen and oxygen atoms in total. The number of imidazole rings is 1. The monoisotopic (exact) mass is 452 g/mol. The number of pyridine rings is 1. The Balaban J connectivity index is 1.55. The van der Waals surface area contributed by atoms with Gasteiger partial charge in [0.05, 0.1) is 5.56 Å². The van der Waals surface area contributed by atoms with Gasteiger partial charge in [0.15, 0.2) is 5.65 Å². The zero-order valence-electron chi connectivity index (χ0n) is 16.7. The van der Waals surface area contributed by atoms with Crippen LogP contribution in [0.25, 0.3) is 11.2 Å². The zero-order chi connectivity index (χ0) is 20.0. The Kier molecular flexibility index (Phi) is 4.90. The van der Waals surface area contributed by atoms with E-state index < -0.39 is 0 Å². The smallest absolute Gasteiger partial charge is 0.256 e. The van der Waals surface area contributed by atoms with E-state index in [2.05, 4.69) is 32.6 Å². The molecule has 1 amide bonds. The molecule has 2 aliphatic rings. The number of carbonyl (C=O) groups is 1. The lowest BCUT2D eigenvalue weighted by Gasteiger charge is -2.23. The third-order valence-electron chi connectivity index (χ3n) is 5.91. The van der Waals surface area contributed by atoms with Gasteiger partial charge in [-0.05, 0) is 56.4 Å². The Morgan fingerprint density at radius 1 is 1.21 bits per heavy atom. The largest absolute Gasteiger partial charge is 0.331 e. The van der Waals surface area contributed by atoms with E-state index in [1.807, 2.05) is 30.0 Å². The van der Waals surface area contributed by atoms with E-state index in [0.29, 0.717) is 18.2 Å². The van der Waals surface area contributed by atoms with E-state index in [-0.39, 0.29) is 5.91 Å². The van der Waals surface area contributed by atoms with E-state index in [1.165, 1.54) is 6.42 Å². The van der Waals surface area contributed by atoms with Crippen LogP contribution in [0.3, 0.4) is 0 Å². The first-order valence-corrected chi connectivity index (χ1v) is 11.3. The number of aromatic nitrogens is 3. The van der Waals surface area contributed by atoms with E-state index in [4.69, 9.17) is 9.97 Å². The number of hydrogen-bond donors (Lipinski definition) is 0. The lowest BCUT2D eigenvalue weighted by atomic mass is 10.1. The molecule has 3 heterocycles. The number of aryl methyl sites for hydroxylation is 3. The van der Waals surface area contributed by atoms with Crippen molar-refractivity contribution in [3.8, 4) is 0 Å². The summed E-state index contributed by atoms with van der Waals surface area (Å²) in [6, 6.07) is 10.5. The Bertz CT molecular complexity index is 1090. The van der Waals surface area contributed by atoms with Gasteiger partial charge in [-0.25, -0.2) is 9.97 Å². The van der Waals surface area contributed by atoms with Gasteiger partial charge < -0.3 is 9.47 Å². The summed E-state index contributed by atoms with van der Waals surface area (Å²) in [4.78, 5) is 25.4. The van der Waals surface area contributed by atoms with E-state index in [9.17, 15) is 4.79 Å². The molecule has 0 N–H and O–H groups in total. The second-order valence-electron chi connectivity index (χ2n) is 8.27. The normalized spacial score (nSPS) is 16.5. The predicted octanol–water partition coefficient (Wildman–Crippen LogP) is 5.03. The molecule has 2 aromatic heterocycles. The van der Waals surface area contributed by atoms with Crippen molar-refractivity contribution in [3.05, 3.63) is 57.4 Å². The first-order chi connectivity index (χ1) is 14.1. The van der Waals surface area contributed by atoms with Crippen molar-refractivity contribution in [2.45, 2.75) is 64.6 Å². The Hall–Kier alpha value is -2.21. The number of benzene rings is 1. The average molecular weight is 453 g/mol. The van der Waals surface area contributed by atoms with E-state index in [1.54, 1.807) is 0 Å². The van der Waals surface area contributed by atoms with Crippen molar-refractivity contribution < 1.29 is 4.79 Å². The molecule has 1 aliphatic carbocycles. The number of amides is 1. The third kappa shape index (κ3) is 3.70. The molecule has 1 aliphatic heterocycles. The molecule has 1 fully saturated rings. The van der Waals surface area contributed by atoms with Crippen LogP contribution in [-0.4, -0.2) is 31.4 Å². The first kappa shape index (κ1) is 18.8. The van der Waals surface area contributed by atoms with Gasteiger partial charge in [-0.2, -0.15) is 0 Å². The van der Waals surface area contributed by atoms with Crippen LogP contribution < -0.4 is 0 Å². The molecule has 3 aromatic rings. The molecule has 150 valence electrons. The Morgan fingerprint density at radius 3 is 2.86 bits per heavy atom. The minimum absolute atomic E-state index is 0.0798. The van der Waals surface area contributed by atoms with Crippen LogP contribution in [0.1, 0.15) is 59.5 Å². The van der Waals surface area contributed by atoms with E-state index in [0.717, 1.165) is 71.4 Å². The Labute approximate surface area is 179 Å². The highest BCUT2D eigenvalue weighted by molar-refractivity contribution is 9.10. The van der Waals surface area contributed by atoms with Crippen LogP contribution in [0.2, 0.25) is 0 Å². The van der Waals surface area contributed by atoms with Gasteiger partial charge in [0.2, 0.25) is 0 Å². The van der Waals surface area contributed by atoms with Crippen LogP contribution >= 0.6 is 15.9 Å². The SMILES string of the molecule is Cc1cc(C(=O)N(Cc2cccc(Br)c2)C2CC2)c2nc3n(c2n1)CCCCC3. The van der Waals surface area contributed by atoms with Crippen LogP contribution in [0.5, 0.6) is 0 Å².